The molecule has 0 radical (unpaired) electrons. The Hall–Kier alpha value is -1.71. The molecular formula is C21H33IN4O3. The highest BCUT2D eigenvalue weighted by molar-refractivity contribution is 14.0. The van der Waals surface area contributed by atoms with Crippen molar-refractivity contribution >= 4 is 35.8 Å². The summed E-state index contributed by atoms with van der Waals surface area (Å²) in [5.74, 6) is 2.45. The lowest BCUT2D eigenvalue weighted by Crippen LogP contribution is -2.44. The number of hydrogen-bond donors (Lipinski definition) is 2. The van der Waals surface area contributed by atoms with Gasteiger partial charge in [0.2, 0.25) is 5.91 Å². The highest BCUT2D eigenvalue weighted by atomic mass is 127. The molecule has 0 bridgehead atoms. The van der Waals surface area contributed by atoms with E-state index in [4.69, 9.17) is 9.47 Å². The summed E-state index contributed by atoms with van der Waals surface area (Å²) in [4.78, 5) is 19.1. The van der Waals surface area contributed by atoms with Gasteiger partial charge in [-0.3, -0.25) is 4.79 Å². The third-order valence-corrected chi connectivity index (χ3v) is 5.12. The van der Waals surface area contributed by atoms with Gasteiger partial charge >= 0.3 is 0 Å². The van der Waals surface area contributed by atoms with E-state index in [1.807, 2.05) is 36.1 Å². The molecule has 2 aliphatic rings. The second-order valence-corrected chi connectivity index (χ2v) is 7.33. The first-order valence-electron chi connectivity index (χ1n) is 10.4. The van der Waals surface area contributed by atoms with E-state index in [2.05, 4.69) is 22.5 Å². The van der Waals surface area contributed by atoms with E-state index in [0.29, 0.717) is 38.1 Å². The minimum absolute atomic E-state index is 0. The maximum atomic E-state index is 12.5. The Morgan fingerprint density at radius 1 is 1.24 bits per heavy atom. The van der Waals surface area contributed by atoms with Crippen LogP contribution in [0, 0.1) is 0 Å². The Kier molecular flexibility index (Phi) is 9.83. The van der Waals surface area contributed by atoms with Crippen molar-refractivity contribution in [1.29, 1.82) is 0 Å². The van der Waals surface area contributed by atoms with E-state index in [1.54, 1.807) is 0 Å². The molecule has 3 rings (SSSR count). The van der Waals surface area contributed by atoms with E-state index >= 15 is 0 Å². The Morgan fingerprint density at radius 2 is 2.03 bits per heavy atom. The van der Waals surface area contributed by atoms with Gasteiger partial charge in [-0.15, -0.1) is 24.0 Å². The quantitative estimate of drug-likeness (QED) is 0.346. The molecule has 2 atom stereocenters. The Balaban J connectivity index is 0.00000300. The minimum Gasteiger partial charge on any atom is -0.486 e. The fourth-order valence-electron chi connectivity index (χ4n) is 3.59. The summed E-state index contributed by atoms with van der Waals surface area (Å²) < 4.78 is 11.7. The lowest BCUT2D eigenvalue weighted by molar-refractivity contribution is -0.134. The first-order valence-corrected chi connectivity index (χ1v) is 10.4. The van der Waals surface area contributed by atoms with E-state index in [9.17, 15) is 4.79 Å². The molecule has 1 aromatic rings. The van der Waals surface area contributed by atoms with Crippen molar-refractivity contribution in [2.75, 3.05) is 32.8 Å². The predicted molar refractivity (Wildman–Crippen MR) is 125 cm³/mol. The van der Waals surface area contributed by atoms with Gasteiger partial charge in [0.15, 0.2) is 23.6 Å². The number of hydrogen-bond acceptors (Lipinski definition) is 4. The number of carbonyl (C=O) groups is 1. The molecule has 0 saturated carbocycles. The van der Waals surface area contributed by atoms with Crippen molar-refractivity contribution in [1.82, 2.24) is 15.5 Å². The molecule has 1 fully saturated rings. The number of para-hydroxylation sites is 2. The average molecular weight is 516 g/mol. The summed E-state index contributed by atoms with van der Waals surface area (Å²) in [6.07, 6.45) is 3.79. The molecule has 1 aromatic carbocycles. The summed E-state index contributed by atoms with van der Waals surface area (Å²) in [7, 11) is 0. The molecular weight excluding hydrogens is 483 g/mol. The summed E-state index contributed by atoms with van der Waals surface area (Å²) in [5.41, 5.74) is 0. The maximum Gasteiger partial charge on any atom is 0.224 e. The summed E-state index contributed by atoms with van der Waals surface area (Å²) >= 11 is 0. The number of halogens is 1. The number of likely N-dealkylation sites (tertiary alicyclic amines) is 1. The molecule has 0 aromatic heterocycles. The number of benzene rings is 1. The van der Waals surface area contributed by atoms with Crippen molar-refractivity contribution in [3.63, 3.8) is 0 Å². The van der Waals surface area contributed by atoms with Gasteiger partial charge in [-0.1, -0.05) is 12.1 Å². The Morgan fingerprint density at radius 3 is 2.79 bits per heavy atom. The van der Waals surface area contributed by atoms with Crippen molar-refractivity contribution in [2.24, 2.45) is 4.99 Å². The van der Waals surface area contributed by atoms with Crippen LogP contribution in [-0.2, 0) is 4.79 Å². The molecule has 29 heavy (non-hydrogen) atoms. The molecule has 2 unspecified atom stereocenters. The van der Waals surface area contributed by atoms with Gasteiger partial charge in [0.1, 0.15) is 6.61 Å². The Bertz CT molecular complexity index is 686. The number of fused-ring (bicyclic) bond motifs is 1. The normalized spacial score (nSPS) is 21.2. The monoisotopic (exact) mass is 516 g/mol. The van der Waals surface area contributed by atoms with Crippen molar-refractivity contribution in [2.45, 2.75) is 51.7 Å². The third kappa shape index (κ3) is 6.94. The molecule has 8 heteroatoms. The number of guanidine groups is 1. The number of piperidine rings is 1. The summed E-state index contributed by atoms with van der Waals surface area (Å²) in [6.45, 7) is 7.34. The number of nitrogens with one attached hydrogen (secondary N) is 2. The molecule has 2 heterocycles. The SMILES string of the molecule is CCNC(=NCC1COc2ccccc2O1)NCCC(=O)N1CCCCC1C.I. The van der Waals surface area contributed by atoms with Gasteiger partial charge in [-0.25, -0.2) is 4.99 Å². The molecule has 7 nitrogen and oxygen atoms in total. The summed E-state index contributed by atoms with van der Waals surface area (Å²) in [5, 5.41) is 6.48. The van der Waals surface area contributed by atoms with Crippen molar-refractivity contribution in [3.8, 4) is 11.5 Å². The number of carbonyl (C=O) groups excluding carboxylic acids is 1. The lowest BCUT2D eigenvalue weighted by Gasteiger charge is -2.33. The topological polar surface area (TPSA) is 75.2 Å². The average Bonchev–Trinajstić information content (AvgIpc) is 2.72. The highest BCUT2D eigenvalue weighted by Gasteiger charge is 2.23. The van der Waals surface area contributed by atoms with Crippen LogP contribution in [0.1, 0.15) is 39.5 Å². The van der Waals surface area contributed by atoms with Crippen LogP contribution in [0.3, 0.4) is 0 Å². The second kappa shape index (κ2) is 12.1. The standard InChI is InChI=1S/C21H32N4O3.HI/c1-3-22-21(23-12-11-20(26)25-13-7-6-8-16(25)2)24-14-17-15-27-18-9-4-5-10-19(18)28-17;/h4-5,9-10,16-17H,3,6-8,11-15H2,1-2H3,(H2,22,23,24);1H. The van der Waals surface area contributed by atoms with Crippen molar-refractivity contribution in [3.05, 3.63) is 24.3 Å². The smallest absolute Gasteiger partial charge is 0.224 e. The van der Waals surface area contributed by atoms with Gasteiger partial charge in [0.05, 0.1) is 6.54 Å². The molecule has 2 N–H and O–H groups in total. The van der Waals surface area contributed by atoms with Crippen LogP contribution in [0.15, 0.2) is 29.3 Å². The molecule has 1 amide bonds. The number of rotatable bonds is 6. The van der Waals surface area contributed by atoms with Crippen LogP contribution in [0.2, 0.25) is 0 Å². The zero-order valence-corrected chi connectivity index (χ0v) is 19.7. The predicted octanol–water partition coefficient (Wildman–Crippen LogP) is 2.79. The maximum absolute atomic E-state index is 12.5. The minimum atomic E-state index is -0.124. The molecule has 0 aliphatic carbocycles. The van der Waals surface area contributed by atoms with E-state index in [1.165, 1.54) is 6.42 Å². The third-order valence-electron chi connectivity index (χ3n) is 5.12. The van der Waals surface area contributed by atoms with Gasteiger partial charge in [0, 0.05) is 32.1 Å². The number of aliphatic imine (C=N–C) groups is 1. The molecule has 162 valence electrons. The van der Waals surface area contributed by atoms with Crippen LogP contribution in [0.4, 0.5) is 0 Å². The molecule has 0 spiro atoms. The van der Waals surface area contributed by atoms with Crippen LogP contribution in [-0.4, -0.2) is 61.7 Å². The van der Waals surface area contributed by atoms with Crippen molar-refractivity contribution < 1.29 is 14.3 Å². The number of amides is 1. The van der Waals surface area contributed by atoms with E-state index < -0.39 is 0 Å². The largest absolute Gasteiger partial charge is 0.486 e. The lowest BCUT2D eigenvalue weighted by atomic mass is 10.0. The van der Waals surface area contributed by atoms with Crippen LogP contribution in [0.25, 0.3) is 0 Å². The van der Waals surface area contributed by atoms with Gasteiger partial charge in [-0.2, -0.15) is 0 Å². The first-order chi connectivity index (χ1) is 13.7. The van der Waals surface area contributed by atoms with Gasteiger partial charge in [-0.05, 0) is 45.2 Å². The van der Waals surface area contributed by atoms with Crippen LogP contribution < -0.4 is 20.1 Å². The van der Waals surface area contributed by atoms with Gasteiger partial charge in [0.25, 0.3) is 0 Å². The number of ether oxygens (including phenoxy) is 2. The summed E-state index contributed by atoms with van der Waals surface area (Å²) in [6, 6.07) is 8.02. The first kappa shape index (κ1) is 23.6. The van der Waals surface area contributed by atoms with E-state index in [0.717, 1.165) is 37.4 Å². The van der Waals surface area contributed by atoms with Crippen LogP contribution >= 0.6 is 24.0 Å². The Labute approximate surface area is 190 Å². The highest BCUT2D eigenvalue weighted by Crippen LogP contribution is 2.30. The zero-order chi connectivity index (χ0) is 19.8. The molecule has 2 aliphatic heterocycles. The zero-order valence-electron chi connectivity index (χ0n) is 17.4. The molecule has 1 saturated heterocycles. The van der Waals surface area contributed by atoms with Gasteiger partial charge < -0.3 is 25.0 Å². The second-order valence-electron chi connectivity index (χ2n) is 7.33. The fraction of sp³-hybridized carbons (Fsp3) is 0.619. The number of nitrogens with zero attached hydrogens (tertiary/aromatic N) is 2. The fourth-order valence-corrected chi connectivity index (χ4v) is 3.59. The van der Waals surface area contributed by atoms with E-state index in [-0.39, 0.29) is 36.0 Å². The van der Waals surface area contributed by atoms with Crippen LogP contribution in [0.5, 0.6) is 11.5 Å².